The third-order valence-electron chi connectivity index (χ3n) is 7.96. The highest BCUT2D eigenvalue weighted by molar-refractivity contribution is 5.91. The van der Waals surface area contributed by atoms with Gasteiger partial charge in [-0.15, -0.1) is 0 Å². The normalized spacial score (nSPS) is 48.3. The quantitative estimate of drug-likeness (QED) is 0.552. The van der Waals surface area contributed by atoms with Gasteiger partial charge in [0.05, 0.1) is 0 Å². The Labute approximate surface area is 137 Å². The van der Waals surface area contributed by atoms with E-state index in [1.54, 1.807) is 0 Å². The highest BCUT2D eigenvalue weighted by Gasteiger charge is 2.64. The van der Waals surface area contributed by atoms with Crippen molar-refractivity contribution < 1.29 is 13.6 Å². The van der Waals surface area contributed by atoms with Crippen LogP contribution < -0.4 is 0 Å². The zero-order chi connectivity index (χ0) is 16.6. The maximum atomic E-state index is 14.4. The number of fused-ring (bicyclic) bond motifs is 5. The molecule has 0 bridgehead atoms. The Bertz CT molecular complexity index is 619. The fourth-order valence-electron chi connectivity index (χ4n) is 6.45. The summed E-state index contributed by atoms with van der Waals surface area (Å²) in [6, 6.07) is 0. The molecule has 0 spiro atoms. The van der Waals surface area contributed by atoms with Gasteiger partial charge in [0.1, 0.15) is 0 Å². The molecule has 0 unspecified atom stereocenters. The van der Waals surface area contributed by atoms with Crippen molar-refractivity contribution in [1.29, 1.82) is 0 Å². The van der Waals surface area contributed by atoms with Crippen molar-refractivity contribution in [2.75, 3.05) is 0 Å². The highest BCUT2D eigenvalue weighted by Crippen LogP contribution is 2.68. The lowest BCUT2D eigenvalue weighted by atomic mass is 9.47. The maximum Gasteiger partial charge on any atom is 0.269 e. The average Bonchev–Trinajstić information content (AvgIpc) is 2.68. The molecule has 0 aromatic carbocycles. The summed E-state index contributed by atoms with van der Waals surface area (Å²) in [4.78, 5) is 11.8. The number of halogens is 2. The van der Waals surface area contributed by atoms with Crippen LogP contribution in [-0.2, 0) is 4.79 Å². The van der Waals surface area contributed by atoms with E-state index in [1.165, 1.54) is 5.57 Å². The molecule has 3 saturated carbocycles. The van der Waals surface area contributed by atoms with Gasteiger partial charge in [0.2, 0.25) is 0 Å². The second kappa shape index (κ2) is 4.55. The largest absolute Gasteiger partial charge is 0.295 e. The van der Waals surface area contributed by atoms with Gasteiger partial charge >= 0.3 is 0 Å². The lowest BCUT2D eigenvalue weighted by Crippen LogP contribution is -2.49. The van der Waals surface area contributed by atoms with E-state index in [-0.39, 0.29) is 29.1 Å². The summed E-state index contributed by atoms with van der Waals surface area (Å²) in [7, 11) is 0. The molecule has 1 nitrogen and oxygen atoms in total. The predicted molar refractivity (Wildman–Crippen MR) is 86.2 cm³/mol. The second-order valence-electron chi connectivity index (χ2n) is 8.81. The molecule has 0 amide bonds. The first kappa shape index (κ1) is 15.5. The van der Waals surface area contributed by atoms with E-state index in [0.29, 0.717) is 18.3 Å². The van der Waals surface area contributed by atoms with E-state index in [9.17, 15) is 13.6 Å². The summed E-state index contributed by atoms with van der Waals surface area (Å²) < 4.78 is 28.7. The van der Waals surface area contributed by atoms with Gasteiger partial charge in [-0.25, -0.2) is 8.78 Å². The van der Waals surface area contributed by atoms with E-state index < -0.39 is 11.3 Å². The number of ketones is 1. The molecule has 4 rings (SSSR count). The van der Waals surface area contributed by atoms with Gasteiger partial charge in [0.15, 0.2) is 5.78 Å². The Morgan fingerprint density at radius 1 is 1.09 bits per heavy atom. The molecule has 0 N–H and O–H groups in total. The van der Waals surface area contributed by atoms with Gasteiger partial charge in [0.25, 0.3) is 5.92 Å². The van der Waals surface area contributed by atoms with Crippen molar-refractivity contribution >= 4 is 5.78 Å². The highest BCUT2D eigenvalue weighted by atomic mass is 19.3. The Morgan fingerprint density at radius 2 is 1.83 bits per heavy atom. The Hall–Kier alpha value is -0.990. The van der Waals surface area contributed by atoms with Crippen LogP contribution in [0.2, 0.25) is 0 Å². The molecule has 5 atom stereocenters. The van der Waals surface area contributed by atoms with Crippen LogP contribution in [0.25, 0.3) is 0 Å². The minimum Gasteiger partial charge on any atom is -0.295 e. The average molecular weight is 320 g/mol. The van der Waals surface area contributed by atoms with Crippen molar-refractivity contribution in [3.63, 3.8) is 0 Å². The van der Waals surface area contributed by atoms with Crippen LogP contribution in [0.3, 0.4) is 0 Å². The molecular formula is C20H26F2O. The molecule has 4 aliphatic rings. The van der Waals surface area contributed by atoms with Crippen LogP contribution in [0, 0.1) is 28.6 Å². The van der Waals surface area contributed by atoms with Crippen LogP contribution in [0.15, 0.2) is 23.8 Å². The number of hydrogen-bond acceptors (Lipinski definition) is 1. The number of alkyl halides is 2. The predicted octanol–water partition coefficient (Wildman–Crippen LogP) is 5.32. The number of carbonyl (C=O) groups excluding carboxylic acids is 1. The molecule has 126 valence electrons. The first-order valence-corrected chi connectivity index (χ1v) is 9.00. The monoisotopic (exact) mass is 320 g/mol. The minimum atomic E-state index is -2.70. The fourth-order valence-corrected chi connectivity index (χ4v) is 6.45. The van der Waals surface area contributed by atoms with Crippen LogP contribution >= 0.6 is 0 Å². The van der Waals surface area contributed by atoms with Crippen molar-refractivity contribution in [3.05, 3.63) is 23.8 Å². The second-order valence-corrected chi connectivity index (χ2v) is 8.81. The standard InChI is InChI=1S/C20H26F2O/c1-12-18(2)9-7-16-15(17(18)11-20(12,21)22)5-4-13-10-14(23)6-8-19(13,16)3/h10,15-17H,1,4-9,11H2,2-3H3/t15-,16+,17+,18-,19+/m1/s1. The third-order valence-corrected chi connectivity index (χ3v) is 7.96. The van der Waals surface area contributed by atoms with Crippen molar-refractivity contribution in [3.8, 4) is 0 Å². The van der Waals surface area contributed by atoms with Crippen molar-refractivity contribution in [1.82, 2.24) is 0 Å². The molecule has 0 saturated heterocycles. The first-order valence-electron chi connectivity index (χ1n) is 9.00. The Morgan fingerprint density at radius 3 is 2.57 bits per heavy atom. The van der Waals surface area contributed by atoms with E-state index >= 15 is 0 Å². The van der Waals surface area contributed by atoms with Gasteiger partial charge in [-0.3, -0.25) is 4.79 Å². The summed E-state index contributed by atoms with van der Waals surface area (Å²) in [5, 5.41) is 0. The number of carbonyl (C=O) groups is 1. The maximum absolute atomic E-state index is 14.4. The minimum absolute atomic E-state index is 0.0163. The summed E-state index contributed by atoms with van der Waals surface area (Å²) in [5.74, 6) is -1.59. The molecule has 23 heavy (non-hydrogen) atoms. The van der Waals surface area contributed by atoms with Gasteiger partial charge in [-0.2, -0.15) is 0 Å². The van der Waals surface area contributed by atoms with E-state index in [0.717, 1.165) is 32.1 Å². The topological polar surface area (TPSA) is 17.1 Å². The van der Waals surface area contributed by atoms with Crippen LogP contribution in [0.4, 0.5) is 8.78 Å². The molecule has 0 radical (unpaired) electrons. The molecule has 0 aromatic heterocycles. The van der Waals surface area contributed by atoms with E-state index in [2.05, 4.69) is 13.5 Å². The molecular weight excluding hydrogens is 294 g/mol. The van der Waals surface area contributed by atoms with Gasteiger partial charge in [0, 0.05) is 12.8 Å². The summed E-state index contributed by atoms with van der Waals surface area (Å²) in [5.41, 5.74) is 1.13. The SMILES string of the molecule is C=C1C(F)(F)C[C@H]2[C@@H]3CCC4=CC(=O)CC[C@]4(C)[C@H]3CC[C@]12C. The molecule has 4 aliphatic carbocycles. The van der Waals surface area contributed by atoms with Crippen molar-refractivity contribution in [2.45, 2.75) is 64.7 Å². The number of rotatable bonds is 0. The lowest BCUT2D eigenvalue weighted by molar-refractivity contribution is -0.117. The zero-order valence-corrected chi connectivity index (χ0v) is 14.1. The lowest BCUT2D eigenvalue weighted by Gasteiger charge is -2.57. The van der Waals surface area contributed by atoms with Gasteiger partial charge < -0.3 is 0 Å². The third kappa shape index (κ3) is 1.91. The molecule has 3 fully saturated rings. The van der Waals surface area contributed by atoms with E-state index in [1.807, 2.05) is 13.0 Å². The van der Waals surface area contributed by atoms with Crippen LogP contribution in [0.1, 0.15) is 58.8 Å². The molecule has 0 heterocycles. The smallest absolute Gasteiger partial charge is 0.269 e. The fraction of sp³-hybridized carbons (Fsp3) is 0.750. The number of allylic oxidation sites excluding steroid dienone is 2. The van der Waals surface area contributed by atoms with E-state index in [4.69, 9.17) is 0 Å². The Kier molecular flexibility index (Phi) is 3.07. The Balaban J connectivity index is 1.72. The summed E-state index contributed by atoms with van der Waals surface area (Å²) in [6.07, 6.45) is 7.07. The first-order chi connectivity index (χ1) is 10.7. The van der Waals surface area contributed by atoms with Crippen LogP contribution in [-0.4, -0.2) is 11.7 Å². The summed E-state index contributed by atoms with van der Waals surface area (Å²) >= 11 is 0. The van der Waals surface area contributed by atoms with Gasteiger partial charge in [-0.05, 0) is 72.3 Å². The van der Waals surface area contributed by atoms with Gasteiger partial charge in [-0.1, -0.05) is 26.0 Å². The summed E-state index contributed by atoms with van der Waals surface area (Å²) in [6.45, 7) is 8.11. The molecule has 3 heteroatoms. The van der Waals surface area contributed by atoms with Crippen molar-refractivity contribution in [2.24, 2.45) is 28.6 Å². The number of hydrogen-bond donors (Lipinski definition) is 0. The zero-order valence-electron chi connectivity index (χ0n) is 14.1. The van der Waals surface area contributed by atoms with Crippen LogP contribution in [0.5, 0.6) is 0 Å². The molecule has 0 aromatic rings. The molecule has 0 aliphatic heterocycles.